The third kappa shape index (κ3) is 1.93. The maximum absolute atomic E-state index is 5.54. The zero-order chi connectivity index (χ0) is 12.5. The van der Waals surface area contributed by atoms with E-state index in [-0.39, 0.29) is 0 Å². The minimum absolute atomic E-state index is 0.375. The SMILES string of the molecule is CC[C@@H](C[C@H]1CCc2sc3ncncc3c21)OC. The summed E-state index contributed by atoms with van der Waals surface area (Å²) >= 11 is 1.84. The van der Waals surface area contributed by atoms with Gasteiger partial charge in [0.1, 0.15) is 11.2 Å². The molecule has 0 aromatic carbocycles. The van der Waals surface area contributed by atoms with Crippen LogP contribution in [0.5, 0.6) is 0 Å². The maximum atomic E-state index is 5.54. The molecule has 18 heavy (non-hydrogen) atoms. The predicted molar refractivity (Wildman–Crippen MR) is 74.2 cm³/mol. The molecule has 0 radical (unpaired) electrons. The topological polar surface area (TPSA) is 35.0 Å². The summed E-state index contributed by atoms with van der Waals surface area (Å²) in [6.45, 7) is 2.19. The molecule has 1 aliphatic rings. The number of aromatic nitrogens is 2. The van der Waals surface area contributed by atoms with E-state index >= 15 is 0 Å². The molecule has 3 nitrogen and oxygen atoms in total. The van der Waals surface area contributed by atoms with Crippen LogP contribution in [0.1, 0.15) is 42.5 Å². The van der Waals surface area contributed by atoms with E-state index in [0.717, 1.165) is 17.7 Å². The first-order valence-corrected chi connectivity index (χ1v) is 7.39. The van der Waals surface area contributed by atoms with Crippen molar-refractivity contribution in [1.82, 2.24) is 9.97 Å². The lowest BCUT2D eigenvalue weighted by molar-refractivity contribution is 0.0858. The normalized spacial score (nSPS) is 20.2. The third-order valence-electron chi connectivity index (χ3n) is 3.95. The standard InChI is InChI=1S/C14H18N2OS/c1-3-10(17-2)6-9-4-5-12-13(9)11-7-15-8-16-14(11)18-12/h7-10H,3-6H2,1-2H3/t9-,10+/m1/s1. The average molecular weight is 262 g/mol. The zero-order valence-corrected chi connectivity index (χ0v) is 11.7. The molecule has 2 heterocycles. The molecule has 2 atom stereocenters. The fraction of sp³-hybridized carbons (Fsp3) is 0.571. The molecule has 0 N–H and O–H groups in total. The fourth-order valence-corrected chi connectivity index (χ4v) is 4.18. The van der Waals surface area contributed by atoms with E-state index in [4.69, 9.17) is 4.74 Å². The highest BCUT2D eigenvalue weighted by Gasteiger charge is 2.29. The second kappa shape index (κ2) is 4.94. The summed E-state index contributed by atoms with van der Waals surface area (Å²) in [5.41, 5.74) is 1.51. The van der Waals surface area contributed by atoms with Crippen LogP contribution in [0.25, 0.3) is 10.2 Å². The van der Waals surface area contributed by atoms with Crippen molar-refractivity contribution in [2.24, 2.45) is 0 Å². The molecule has 0 saturated carbocycles. The smallest absolute Gasteiger partial charge is 0.127 e. The molecule has 4 heteroatoms. The van der Waals surface area contributed by atoms with Crippen LogP contribution in [0.4, 0.5) is 0 Å². The van der Waals surface area contributed by atoms with Gasteiger partial charge in [0.15, 0.2) is 0 Å². The van der Waals surface area contributed by atoms with Crippen LogP contribution in [0.2, 0.25) is 0 Å². The Morgan fingerprint density at radius 3 is 3.22 bits per heavy atom. The van der Waals surface area contributed by atoms with Gasteiger partial charge in [-0.2, -0.15) is 0 Å². The van der Waals surface area contributed by atoms with E-state index in [1.54, 1.807) is 6.33 Å². The minimum Gasteiger partial charge on any atom is -0.381 e. The van der Waals surface area contributed by atoms with Crippen molar-refractivity contribution in [3.63, 3.8) is 0 Å². The monoisotopic (exact) mass is 262 g/mol. The van der Waals surface area contributed by atoms with Crippen molar-refractivity contribution in [3.8, 4) is 0 Å². The summed E-state index contributed by atoms with van der Waals surface area (Å²) in [7, 11) is 1.82. The highest BCUT2D eigenvalue weighted by atomic mass is 32.1. The summed E-state index contributed by atoms with van der Waals surface area (Å²) in [4.78, 5) is 11.2. The first-order valence-electron chi connectivity index (χ1n) is 6.57. The minimum atomic E-state index is 0.375. The van der Waals surface area contributed by atoms with Crippen molar-refractivity contribution >= 4 is 21.6 Å². The molecule has 0 bridgehead atoms. The van der Waals surface area contributed by atoms with Crippen LogP contribution in [-0.2, 0) is 11.2 Å². The molecule has 0 fully saturated rings. The van der Waals surface area contributed by atoms with Gasteiger partial charge in [0.05, 0.1) is 6.10 Å². The molecule has 2 aromatic rings. The fourth-order valence-electron chi connectivity index (χ4n) is 2.97. The van der Waals surface area contributed by atoms with Gasteiger partial charge in [-0.25, -0.2) is 9.97 Å². The van der Waals surface area contributed by atoms with Gasteiger partial charge in [0.25, 0.3) is 0 Å². The van der Waals surface area contributed by atoms with E-state index in [1.807, 2.05) is 24.6 Å². The molecular weight excluding hydrogens is 244 g/mol. The van der Waals surface area contributed by atoms with Crippen LogP contribution in [0, 0.1) is 0 Å². The van der Waals surface area contributed by atoms with Crippen molar-refractivity contribution in [1.29, 1.82) is 0 Å². The van der Waals surface area contributed by atoms with E-state index < -0.39 is 0 Å². The molecule has 3 rings (SSSR count). The number of thiophene rings is 1. The molecule has 0 amide bonds. The molecule has 0 unspecified atom stereocenters. The first kappa shape index (κ1) is 12.1. The Morgan fingerprint density at radius 2 is 2.44 bits per heavy atom. The number of ether oxygens (including phenoxy) is 1. The van der Waals surface area contributed by atoms with Gasteiger partial charge in [-0.3, -0.25) is 0 Å². The Bertz CT molecular complexity index is 548. The lowest BCUT2D eigenvalue weighted by atomic mass is 9.94. The summed E-state index contributed by atoms with van der Waals surface area (Å²) < 4.78 is 5.54. The highest BCUT2D eigenvalue weighted by molar-refractivity contribution is 7.18. The Morgan fingerprint density at radius 1 is 1.56 bits per heavy atom. The van der Waals surface area contributed by atoms with Crippen molar-refractivity contribution in [2.45, 2.75) is 44.6 Å². The van der Waals surface area contributed by atoms with Crippen LogP contribution < -0.4 is 0 Å². The van der Waals surface area contributed by atoms with Crippen LogP contribution in [0.15, 0.2) is 12.5 Å². The van der Waals surface area contributed by atoms with Crippen molar-refractivity contribution in [3.05, 3.63) is 23.0 Å². The van der Waals surface area contributed by atoms with E-state index in [0.29, 0.717) is 12.0 Å². The largest absolute Gasteiger partial charge is 0.381 e. The molecule has 2 aromatic heterocycles. The molecule has 0 aliphatic heterocycles. The number of rotatable bonds is 4. The number of aryl methyl sites for hydroxylation is 1. The van der Waals surface area contributed by atoms with Gasteiger partial charge < -0.3 is 4.74 Å². The van der Waals surface area contributed by atoms with Gasteiger partial charge in [0, 0.05) is 23.6 Å². The third-order valence-corrected chi connectivity index (χ3v) is 5.14. The van der Waals surface area contributed by atoms with Gasteiger partial charge in [-0.15, -0.1) is 11.3 Å². The van der Waals surface area contributed by atoms with Crippen molar-refractivity contribution in [2.75, 3.05) is 7.11 Å². The molecule has 96 valence electrons. The number of fused-ring (bicyclic) bond motifs is 3. The first-order chi connectivity index (χ1) is 8.83. The van der Waals surface area contributed by atoms with Gasteiger partial charge in [-0.1, -0.05) is 6.92 Å². The summed E-state index contributed by atoms with van der Waals surface area (Å²) in [6, 6.07) is 0. The number of methoxy groups -OCH3 is 1. The zero-order valence-electron chi connectivity index (χ0n) is 10.8. The van der Waals surface area contributed by atoms with Crippen molar-refractivity contribution < 1.29 is 4.74 Å². The summed E-state index contributed by atoms with van der Waals surface area (Å²) in [5.74, 6) is 0.629. The molecular formula is C14H18N2OS. The predicted octanol–water partition coefficient (Wildman–Crippen LogP) is 3.54. The lowest BCUT2D eigenvalue weighted by Gasteiger charge is -2.18. The van der Waals surface area contributed by atoms with Crippen LogP contribution in [-0.4, -0.2) is 23.2 Å². The molecule has 0 spiro atoms. The molecule has 1 aliphatic carbocycles. The number of hydrogen-bond donors (Lipinski definition) is 0. The summed E-state index contributed by atoms with van der Waals surface area (Å²) in [5, 5.41) is 1.27. The van der Waals surface area contributed by atoms with Crippen LogP contribution in [0.3, 0.4) is 0 Å². The lowest BCUT2D eigenvalue weighted by Crippen LogP contribution is -2.12. The van der Waals surface area contributed by atoms with Crippen LogP contribution >= 0.6 is 11.3 Å². The Labute approximate surface area is 111 Å². The van der Waals surface area contributed by atoms with E-state index in [1.165, 1.54) is 28.7 Å². The summed E-state index contributed by atoms with van der Waals surface area (Å²) in [6.07, 6.45) is 8.66. The average Bonchev–Trinajstić information content (AvgIpc) is 2.95. The Kier molecular flexibility index (Phi) is 3.31. The highest BCUT2D eigenvalue weighted by Crippen LogP contribution is 2.45. The quantitative estimate of drug-likeness (QED) is 0.845. The maximum Gasteiger partial charge on any atom is 0.127 e. The Hall–Kier alpha value is -1.00. The number of nitrogens with zero attached hydrogens (tertiary/aromatic N) is 2. The Balaban J connectivity index is 1.94. The van der Waals surface area contributed by atoms with Gasteiger partial charge in [-0.05, 0) is 37.2 Å². The second-order valence-electron chi connectivity index (χ2n) is 4.92. The number of hydrogen-bond acceptors (Lipinski definition) is 4. The van der Waals surface area contributed by atoms with Gasteiger partial charge >= 0.3 is 0 Å². The molecule has 0 saturated heterocycles. The van der Waals surface area contributed by atoms with E-state index in [9.17, 15) is 0 Å². The van der Waals surface area contributed by atoms with Gasteiger partial charge in [0.2, 0.25) is 0 Å². The second-order valence-corrected chi connectivity index (χ2v) is 6.00. The van der Waals surface area contributed by atoms with E-state index in [2.05, 4.69) is 16.9 Å².